The largest absolute Gasteiger partial charge is 0.436 e. The molecule has 0 saturated carbocycles. The number of anilines is 1. The molecular formula is C10H7BrCl2N4O. The van der Waals surface area contributed by atoms with Gasteiger partial charge in [0.1, 0.15) is 16.5 Å². The normalized spacial score (nSPS) is 10.2. The number of nitrogen functional groups attached to an aromatic ring is 1. The van der Waals surface area contributed by atoms with Crippen molar-refractivity contribution in [1.82, 2.24) is 9.97 Å². The quantitative estimate of drug-likeness (QED) is 0.654. The SMILES string of the molecule is NNc1ncnc(Oc2cc(Cl)ccc2Cl)c1Br. The number of benzene rings is 1. The van der Waals surface area contributed by atoms with Crippen LogP contribution < -0.4 is 16.0 Å². The van der Waals surface area contributed by atoms with Crippen LogP contribution in [0, 0.1) is 0 Å². The number of halogens is 3. The van der Waals surface area contributed by atoms with Crippen LogP contribution in [0.25, 0.3) is 0 Å². The third kappa shape index (κ3) is 2.84. The number of nitrogens with one attached hydrogen (secondary N) is 1. The number of nitrogens with zero attached hydrogens (tertiary/aromatic N) is 2. The molecule has 0 amide bonds. The van der Waals surface area contributed by atoms with Gasteiger partial charge in [-0.25, -0.2) is 15.8 Å². The molecule has 2 rings (SSSR count). The van der Waals surface area contributed by atoms with Crippen LogP contribution in [0.1, 0.15) is 0 Å². The average Bonchev–Trinajstić information content (AvgIpc) is 2.36. The molecule has 1 aromatic carbocycles. The van der Waals surface area contributed by atoms with Crippen molar-refractivity contribution in [3.8, 4) is 11.6 Å². The molecule has 0 unspecified atom stereocenters. The topological polar surface area (TPSA) is 73.1 Å². The number of aromatic nitrogens is 2. The minimum Gasteiger partial charge on any atom is -0.436 e. The fourth-order valence-corrected chi connectivity index (χ4v) is 1.90. The van der Waals surface area contributed by atoms with E-state index in [2.05, 4.69) is 31.3 Å². The molecule has 94 valence electrons. The summed E-state index contributed by atoms with van der Waals surface area (Å²) in [6.07, 6.45) is 1.31. The zero-order valence-corrected chi connectivity index (χ0v) is 11.9. The molecule has 18 heavy (non-hydrogen) atoms. The van der Waals surface area contributed by atoms with Gasteiger partial charge in [0.05, 0.1) is 5.02 Å². The highest BCUT2D eigenvalue weighted by molar-refractivity contribution is 9.10. The van der Waals surface area contributed by atoms with Crippen LogP contribution >= 0.6 is 39.1 Å². The molecule has 5 nitrogen and oxygen atoms in total. The Balaban J connectivity index is 2.37. The van der Waals surface area contributed by atoms with Gasteiger partial charge in [0.15, 0.2) is 5.82 Å². The van der Waals surface area contributed by atoms with Crippen LogP contribution in [0.2, 0.25) is 10.0 Å². The van der Waals surface area contributed by atoms with Crippen LogP contribution in [-0.4, -0.2) is 9.97 Å². The molecule has 1 heterocycles. The maximum absolute atomic E-state index is 5.99. The van der Waals surface area contributed by atoms with Crippen LogP contribution in [0.15, 0.2) is 29.0 Å². The number of ether oxygens (including phenoxy) is 1. The van der Waals surface area contributed by atoms with Crippen molar-refractivity contribution in [3.05, 3.63) is 39.0 Å². The summed E-state index contributed by atoms with van der Waals surface area (Å²) in [5, 5.41) is 0.934. The predicted octanol–water partition coefficient (Wildman–Crippen LogP) is 3.62. The fraction of sp³-hybridized carbons (Fsp3) is 0. The molecule has 0 radical (unpaired) electrons. The Morgan fingerprint density at radius 1 is 1.28 bits per heavy atom. The van der Waals surface area contributed by atoms with Crippen LogP contribution in [-0.2, 0) is 0 Å². The van der Waals surface area contributed by atoms with Gasteiger partial charge in [-0.05, 0) is 28.1 Å². The van der Waals surface area contributed by atoms with Crippen LogP contribution in [0.5, 0.6) is 11.6 Å². The molecular weight excluding hydrogens is 343 g/mol. The lowest BCUT2D eigenvalue weighted by atomic mass is 10.3. The summed E-state index contributed by atoms with van der Waals surface area (Å²) in [6.45, 7) is 0. The molecule has 3 N–H and O–H groups in total. The Morgan fingerprint density at radius 3 is 2.78 bits per heavy atom. The third-order valence-corrected chi connectivity index (χ3v) is 3.26. The summed E-state index contributed by atoms with van der Waals surface area (Å²) in [5.41, 5.74) is 2.41. The number of rotatable bonds is 3. The summed E-state index contributed by atoms with van der Waals surface area (Å²) >= 11 is 15.1. The zero-order chi connectivity index (χ0) is 13.1. The van der Waals surface area contributed by atoms with Crippen molar-refractivity contribution >= 4 is 44.9 Å². The second-order valence-electron chi connectivity index (χ2n) is 3.16. The summed E-state index contributed by atoms with van der Waals surface area (Å²) in [7, 11) is 0. The first-order valence-electron chi connectivity index (χ1n) is 4.72. The van der Waals surface area contributed by atoms with Crippen LogP contribution in [0.4, 0.5) is 5.82 Å². The van der Waals surface area contributed by atoms with E-state index in [1.165, 1.54) is 6.33 Å². The number of hydrogen-bond acceptors (Lipinski definition) is 5. The van der Waals surface area contributed by atoms with E-state index in [0.717, 1.165) is 0 Å². The zero-order valence-electron chi connectivity index (χ0n) is 8.82. The summed E-state index contributed by atoms with van der Waals surface area (Å²) in [5.74, 6) is 6.37. The van der Waals surface area contributed by atoms with Crippen molar-refractivity contribution in [2.75, 3.05) is 5.43 Å². The lowest BCUT2D eigenvalue weighted by Crippen LogP contribution is -2.09. The Labute approximate surface area is 121 Å². The number of nitrogens with two attached hydrogens (primary N) is 1. The van der Waals surface area contributed by atoms with Gasteiger partial charge in [-0.1, -0.05) is 23.2 Å². The van der Waals surface area contributed by atoms with Gasteiger partial charge < -0.3 is 10.2 Å². The Hall–Kier alpha value is -1.08. The summed E-state index contributed by atoms with van der Waals surface area (Å²) < 4.78 is 6.04. The average molecular weight is 350 g/mol. The Kier molecular flexibility index (Phi) is 4.23. The van der Waals surface area contributed by atoms with Crippen molar-refractivity contribution in [1.29, 1.82) is 0 Å². The van der Waals surface area contributed by atoms with Crippen molar-refractivity contribution in [2.45, 2.75) is 0 Å². The molecule has 0 spiro atoms. The van der Waals surface area contributed by atoms with E-state index in [4.69, 9.17) is 33.8 Å². The molecule has 1 aromatic heterocycles. The lowest BCUT2D eigenvalue weighted by molar-refractivity contribution is 0.459. The van der Waals surface area contributed by atoms with Crippen molar-refractivity contribution < 1.29 is 4.74 Å². The van der Waals surface area contributed by atoms with Gasteiger partial charge >= 0.3 is 0 Å². The molecule has 8 heteroatoms. The van der Waals surface area contributed by atoms with E-state index >= 15 is 0 Å². The second kappa shape index (κ2) is 5.71. The molecule has 0 bridgehead atoms. The highest BCUT2D eigenvalue weighted by Crippen LogP contribution is 2.35. The smallest absolute Gasteiger partial charge is 0.239 e. The minimum atomic E-state index is 0.280. The van der Waals surface area contributed by atoms with E-state index < -0.39 is 0 Å². The van der Waals surface area contributed by atoms with E-state index in [9.17, 15) is 0 Å². The molecule has 0 aliphatic carbocycles. The van der Waals surface area contributed by atoms with Crippen molar-refractivity contribution in [3.63, 3.8) is 0 Å². The van der Waals surface area contributed by atoms with Gasteiger partial charge in [0.25, 0.3) is 0 Å². The number of hydrazine groups is 1. The highest BCUT2D eigenvalue weighted by atomic mass is 79.9. The van der Waals surface area contributed by atoms with Crippen LogP contribution in [0.3, 0.4) is 0 Å². The monoisotopic (exact) mass is 348 g/mol. The summed E-state index contributed by atoms with van der Waals surface area (Å²) in [6, 6.07) is 4.89. The standard InChI is InChI=1S/C10H7BrCl2N4O/c11-8-9(17-14)15-4-16-10(8)18-7-3-5(12)1-2-6(7)13/h1-4H,14H2,(H,15,16,17). The highest BCUT2D eigenvalue weighted by Gasteiger charge is 2.12. The van der Waals surface area contributed by atoms with Gasteiger partial charge in [-0.15, -0.1) is 0 Å². The Bertz CT molecular complexity index is 582. The molecule has 0 aliphatic rings. The first kappa shape index (κ1) is 13.4. The van der Waals surface area contributed by atoms with Gasteiger partial charge in [-0.3, -0.25) is 0 Å². The first-order valence-corrected chi connectivity index (χ1v) is 6.26. The van der Waals surface area contributed by atoms with E-state index in [0.29, 0.717) is 26.1 Å². The Morgan fingerprint density at radius 2 is 2.06 bits per heavy atom. The van der Waals surface area contributed by atoms with Crippen molar-refractivity contribution in [2.24, 2.45) is 5.84 Å². The lowest BCUT2D eigenvalue weighted by Gasteiger charge is -2.10. The number of hydrogen-bond donors (Lipinski definition) is 2. The third-order valence-electron chi connectivity index (χ3n) is 1.99. The van der Waals surface area contributed by atoms with Gasteiger partial charge in [0.2, 0.25) is 5.88 Å². The maximum Gasteiger partial charge on any atom is 0.239 e. The first-order chi connectivity index (χ1) is 8.61. The second-order valence-corrected chi connectivity index (χ2v) is 4.80. The van der Waals surface area contributed by atoms with E-state index in [1.54, 1.807) is 18.2 Å². The van der Waals surface area contributed by atoms with E-state index in [-0.39, 0.29) is 5.88 Å². The van der Waals surface area contributed by atoms with Gasteiger partial charge in [-0.2, -0.15) is 0 Å². The van der Waals surface area contributed by atoms with Gasteiger partial charge in [0, 0.05) is 11.1 Å². The summed E-state index contributed by atoms with van der Waals surface area (Å²) in [4.78, 5) is 7.88. The molecule has 0 atom stereocenters. The minimum absolute atomic E-state index is 0.280. The maximum atomic E-state index is 5.99. The molecule has 0 aliphatic heterocycles. The van der Waals surface area contributed by atoms with E-state index in [1.807, 2.05) is 0 Å². The fourth-order valence-electron chi connectivity index (χ4n) is 1.19. The molecule has 0 fully saturated rings. The molecule has 2 aromatic rings. The predicted molar refractivity (Wildman–Crippen MR) is 74.1 cm³/mol. The molecule has 0 saturated heterocycles.